The zero-order chi connectivity index (χ0) is 25.3. The van der Waals surface area contributed by atoms with Crippen LogP contribution in [0, 0.1) is 18.6 Å². The van der Waals surface area contributed by atoms with Crippen LogP contribution < -0.4 is 10.1 Å². The van der Waals surface area contributed by atoms with Crippen molar-refractivity contribution in [3.63, 3.8) is 0 Å². The molecule has 0 aliphatic rings. The zero-order valence-corrected chi connectivity index (χ0v) is 18.6. The van der Waals surface area contributed by atoms with E-state index in [1.165, 1.54) is 44.2 Å². The van der Waals surface area contributed by atoms with E-state index in [2.05, 4.69) is 5.10 Å². The number of alkyl halides is 3. The molecule has 10 heteroatoms. The maximum atomic E-state index is 14.2. The Labute approximate surface area is 197 Å². The Morgan fingerprint density at radius 2 is 1.77 bits per heavy atom. The van der Waals surface area contributed by atoms with E-state index >= 15 is 0 Å². The first-order valence-electron chi connectivity index (χ1n) is 10.6. The number of carbonyl (C=O) groups excluding carboxylic acids is 1. The monoisotopic (exact) mass is 489 g/mol. The molecule has 0 spiro atoms. The number of halogens is 5. The van der Waals surface area contributed by atoms with Crippen LogP contribution >= 0.6 is 0 Å². The van der Waals surface area contributed by atoms with Crippen molar-refractivity contribution in [3.05, 3.63) is 89.6 Å². The van der Waals surface area contributed by atoms with E-state index < -0.39 is 30.0 Å². The van der Waals surface area contributed by atoms with E-state index in [4.69, 9.17) is 4.74 Å². The molecule has 1 N–H and O–H groups in total. The summed E-state index contributed by atoms with van der Waals surface area (Å²) in [5.74, 6) is -2.78. The summed E-state index contributed by atoms with van der Waals surface area (Å²) in [7, 11) is 0. The van der Waals surface area contributed by atoms with Crippen LogP contribution in [0.1, 0.15) is 24.2 Å². The quantitative estimate of drug-likeness (QED) is 0.349. The van der Waals surface area contributed by atoms with Gasteiger partial charge in [0.25, 0.3) is 0 Å². The highest BCUT2D eigenvalue weighted by Crippen LogP contribution is 2.31. The van der Waals surface area contributed by atoms with E-state index in [-0.39, 0.29) is 17.1 Å². The summed E-state index contributed by atoms with van der Waals surface area (Å²) >= 11 is 0. The van der Waals surface area contributed by atoms with Crippen molar-refractivity contribution in [2.24, 2.45) is 0 Å². The molecule has 0 saturated heterocycles. The Balaban J connectivity index is 1.68. The lowest BCUT2D eigenvalue weighted by Gasteiger charge is -2.28. The van der Waals surface area contributed by atoms with E-state index in [9.17, 15) is 26.7 Å². The number of hydrogen-bond donors (Lipinski definition) is 1. The van der Waals surface area contributed by atoms with Gasteiger partial charge in [-0.2, -0.15) is 18.3 Å². The van der Waals surface area contributed by atoms with Crippen molar-refractivity contribution in [2.45, 2.75) is 32.2 Å². The molecule has 3 aromatic carbocycles. The average Bonchev–Trinajstić information content (AvgIpc) is 3.22. The second kappa shape index (κ2) is 9.36. The van der Waals surface area contributed by atoms with Crippen LogP contribution in [0.2, 0.25) is 0 Å². The lowest BCUT2D eigenvalue weighted by molar-refractivity contribution is -0.174. The van der Waals surface area contributed by atoms with Gasteiger partial charge in [0.1, 0.15) is 23.5 Å². The number of benzene rings is 3. The van der Waals surface area contributed by atoms with Crippen LogP contribution in [0.4, 0.5) is 22.0 Å². The van der Waals surface area contributed by atoms with E-state index in [1.807, 2.05) is 5.32 Å². The molecule has 0 unspecified atom stereocenters. The number of amides is 1. The molecule has 0 aliphatic carbocycles. The highest BCUT2D eigenvalue weighted by atomic mass is 19.4. The molecule has 1 amide bonds. The number of ether oxygens (including phenoxy) is 1. The second-order valence-electron chi connectivity index (χ2n) is 8.01. The normalized spacial score (nSPS) is 13.5. The molecular formula is C25H20F5N3O2. The second-order valence-corrected chi connectivity index (χ2v) is 8.01. The summed E-state index contributed by atoms with van der Waals surface area (Å²) in [5, 5.41) is 6.85. The molecule has 35 heavy (non-hydrogen) atoms. The van der Waals surface area contributed by atoms with Crippen molar-refractivity contribution >= 4 is 16.8 Å². The maximum absolute atomic E-state index is 14.2. The highest BCUT2D eigenvalue weighted by Gasteiger charge is 2.40. The summed E-state index contributed by atoms with van der Waals surface area (Å²) < 4.78 is 73.6. The molecule has 0 fully saturated rings. The van der Waals surface area contributed by atoms with Crippen LogP contribution in [0.5, 0.6) is 5.75 Å². The molecule has 0 bridgehead atoms. The minimum atomic E-state index is -5.08. The minimum absolute atomic E-state index is 0.191. The van der Waals surface area contributed by atoms with Crippen molar-refractivity contribution in [2.75, 3.05) is 0 Å². The van der Waals surface area contributed by atoms with Crippen LogP contribution in [0.25, 0.3) is 16.6 Å². The van der Waals surface area contributed by atoms with Gasteiger partial charge in [-0.15, -0.1) is 0 Å². The van der Waals surface area contributed by atoms with E-state index in [0.717, 1.165) is 0 Å². The molecule has 5 nitrogen and oxygen atoms in total. The van der Waals surface area contributed by atoms with Crippen LogP contribution in [-0.4, -0.2) is 27.9 Å². The van der Waals surface area contributed by atoms with Crippen LogP contribution in [0.3, 0.4) is 0 Å². The first kappa shape index (κ1) is 24.2. The van der Waals surface area contributed by atoms with E-state index in [1.54, 1.807) is 41.2 Å². The summed E-state index contributed by atoms with van der Waals surface area (Å²) in [6, 6.07) is 13.7. The molecule has 0 saturated carbocycles. The Morgan fingerprint density at radius 1 is 1.06 bits per heavy atom. The van der Waals surface area contributed by atoms with Gasteiger partial charge in [-0.05, 0) is 67.9 Å². The van der Waals surface area contributed by atoms with Gasteiger partial charge in [-0.25, -0.2) is 13.5 Å². The highest BCUT2D eigenvalue weighted by molar-refractivity contribution is 5.82. The van der Waals surface area contributed by atoms with E-state index in [0.29, 0.717) is 22.2 Å². The van der Waals surface area contributed by atoms with Gasteiger partial charge in [-0.3, -0.25) is 4.79 Å². The molecule has 4 aromatic rings. The van der Waals surface area contributed by atoms with Gasteiger partial charge in [0, 0.05) is 10.9 Å². The average molecular weight is 489 g/mol. The van der Waals surface area contributed by atoms with Gasteiger partial charge >= 0.3 is 12.1 Å². The number of carbonyl (C=O) groups is 1. The molecule has 2 atom stereocenters. The molecular weight excluding hydrogens is 469 g/mol. The topological polar surface area (TPSA) is 56.1 Å². The molecule has 182 valence electrons. The molecule has 0 aliphatic heterocycles. The fraction of sp³-hybridized carbons (Fsp3) is 0.200. The predicted molar refractivity (Wildman–Crippen MR) is 119 cm³/mol. The number of nitrogens with one attached hydrogen (secondary N) is 1. The van der Waals surface area contributed by atoms with Crippen molar-refractivity contribution in [1.29, 1.82) is 0 Å². The third-order valence-electron chi connectivity index (χ3n) is 5.56. The van der Waals surface area contributed by atoms with Crippen molar-refractivity contribution in [3.8, 4) is 11.4 Å². The predicted octanol–water partition coefficient (Wildman–Crippen LogP) is 5.80. The standard InChI is InChI=1S/C25H20F5N3O2/c1-14-20(4-3-5-21(14)27)23(15(2)32-24(34)25(28,29)30)35-19-10-11-22-16(12-19)13-31-33(22)18-8-6-17(26)7-9-18/h3-13,15,23H,1-2H3,(H,32,34)/t15-,23-/m0/s1. The third-order valence-corrected chi connectivity index (χ3v) is 5.56. The van der Waals surface area contributed by atoms with Gasteiger partial charge < -0.3 is 10.1 Å². The molecule has 1 heterocycles. The fourth-order valence-electron chi connectivity index (χ4n) is 3.75. The van der Waals surface area contributed by atoms with Gasteiger partial charge in [0.2, 0.25) is 0 Å². The van der Waals surface area contributed by atoms with Crippen molar-refractivity contribution < 1.29 is 31.5 Å². The minimum Gasteiger partial charge on any atom is -0.484 e. The van der Waals surface area contributed by atoms with Gasteiger partial charge in [0.15, 0.2) is 0 Å². The molecule has 1 aromatic heterocycles. The zero-order valence-electron chi connectivity index (χ0n) is 18.6. The lowest BCUT2D eigenvalue weighted by Crippen LogP contribution is -2.45. The number of fused-ring (bicyclic) bond motifs is 1. The Kier molecular flexibility index (Phi) is 6.47. The maximum Gasteiger partial charge on any atom is 0.471 e. The Hall–Kier alpha value is -3.95. The molecule has 0 radical (unpaired) electrons. The largest absolute Gasteiger partial charge is 0.484 e. The Morgan fingerprint density at radius 3 is 2.46 bits per heavy atom. The SMILES string of the molecule is Cc1c(F)cccc1[C@@H](Oc1ccc2c(cnn2-c2ccc(F)cc2)c1)[C@H](C)NC(=O)C(F)(F)F. The van der Waals surface area contributed by atoms with Crippen LogP contribution in [-0.2, 0) is 4.79 Å². The Bertz CT molecular complexity index is 1370. The van der Waals surface area contributed by atoms with Gasteiger partial charge in [-0.1, -0.05) is 12.1 Å². The number of aromatic nitrogens is 2. The first-order chi connectivity index (χ1) is 16.5. The van der Waals surface area contributed by atoms with Gasteiger partial charge in [0.05, 0.1) is 23.4 Å². The fourth-order valence-corrected chi connectivity index (χ4v) is 3.75. The van der Waals surface area contributed by atoms with Crippen LogP contribution in [0.15, 0.2) is 66.9 Å². The summed E-state index contributed by atoms with van der Waals surface area (Å²) in [6.07, 6.45) is -4.64. The summed E-state index contributed by atoms with van der Waals surface area (Å²) in [4.78, 5) is 11.5. The first-order valence-corrected chi connectivity index (χ1v) is 10.6. The lowest BCUT2D eigenvalue weighted by atomic mass is 9.98. The number of nitrogens with zero attached hydrogens (tertiary/aromatic N) is 2. The summed E-state index contributed by atoms with van der Waals surface area (Å²) in [5.41, 5.74) is 1.80. The summed E-state index contributed by atoms with van der Waals surface area (Å²) in [6.45, 7) is 2.83. The number of hydrogen-bond acceptors (Lipinski definition) is 3. The molecule has 4 rings (SSSR count). The number of rotatable bonds is 6. The smallest absolute Gasteiger partial charge is 0.471 e. The third kappa shape index (κ3) is 5.11. The van der Waals surface area contributed by atoms with Crippen molar-refractivity contribution in [1.82, 2.24) is 15.1 Å².